The fourth-order valence-corrected chi connectivity index (χ4v) is 4.01. The number of amides is 1. The van der Waals surface area contributed by atoms with E-state index in [-0.39, 0.29) is 22.1 Å². The molecule has 11 heteroatoms. The van der Waals surface area contributed by atoms with Crippen LogP contribution in [0.3, 0.4) is 0 Å². The monoisotopic (exact) mass is 471 g/mol. The molecule has 0 N–H and O–H groups in total. The lowest BCUT2D eigenvalue weighted by Gasteiger charge is -2.34. The number of benzene rings is 1. The van der Waals surface area contributed by atoms with Gasteiger partial charge in [-0.3, -0.25) is 9.69 Å². The second kappa shape index (κ2) is 8.29. The van der Waals surface area contributed by atoms with Crippen molar-refractivity contribution in [1.29, 1.82) is 0 Å². The molecule has 31 heavy (non-hydrogen) atoms. The SMILES string of the molecule is Cc1cc(C(F)(F)F)n2nc(C(=O)N3CCN(Cc4ccccc4Cl)CC3)c(Cl)c2n1. The number of aromatic nitrogens is 3. The summed E-state index contributed by atoms with van der Waals surface area (Å²) >= 11 is 12.4. The third-order valence-electron chi connectivity index (χ3n) is 5.17. The molecule has 0 unspecified atom stereocenters. The molecule has 1 aliphatic heterocycles. The van der Waals surface area contributed by atoms with Gasteiger partial charge in [0.25, 0.3) is 5.91 Å². The van der Waals surface area contributed by atoms with Gasteiger partial charge in [-0.05, 0) is 24.6 Å². The van der Waals surface area contributed by atoms with Crippen LogP contribution in [0.2, 0.25) is 10.0 Å². The Labute approximate surface area is 186 Å². The highest BCUT2D eigenvalue weighted by atomic mass is 35.5. The molecule has 3 aromatic rings. The average Bonchev–Trinajstić information content (AvgIpc) is 3.05. The van der Waals surface area contributed by atoms with Gasteiger partial charge < -0.3 is 4.90 Å². The van der Waals surface area contributed by atoms with Crippen molar-refractivity contribution in [3.05, 3.63) is 63.0 Å². The maximum Gasteiger partial charge on any atom is 0.433 e. The van der Waals surface area contributed by atoms with Crippen molar-refractivity contribution in [2.45, 2.75) is 19.6 Å². The topological polar surface area (TPSA) is 53.7 Å². The van der Waals surface area contributed by atoms with Crippen LogP contribution in [0.4, 0.5) is 13.2 Å². The standard InChI is InChI=1S/C20H18Cl2F3N5O/c1-12-10-15(20(23,24)25)30-18(26-12)16(22)17(27-30)19(31)29-8-6-28(7-9-29)11-13-4-2-3-5-14(13)21/h2-5,10H,6-9,11H2,1H3. The maximum atomic E-state index is 13.4. The summed E-state index contributed by atoms with van der Waals surface area (Å²) in [6.45, 7) is 4.05. The first kappa shape index (κ1) is 21.9. The minimum Gasteiger partial charge on any atom is -0.335 e. The van der Waals surface area contributed by atoms with Gasteiger partial charge in [0, 0.05) is 43.4 Å². The molecular weight excluding hydrogens is 454 g/mol. The Bertz CT molecular complexity index is 1140. The van der Waals surface area contributed by atoms with E-state index in [0.717, 1.165) is 11.6 Å². The number of aryl methyl sites for hydroxylation is 1. The van der Waals surface area contributed by atoms with Gasteiger partial charge in [0.05, 0.1) is 0 Å². The summed E-state index contributed by atoms with van der Waals surface area (Å²) in [6, 6.07) is 8.42. The van der Waals surface area contributed by atoms with E-state index in [9.17, 15) is 18.0 Å². The van der Waals surface area contributed by atoms with Crippen molar-refractivity contribution < 1.29 is 18.0 Å². The van der Waals surface area contributed by atoms with Crippen LogP contribution >= 0.6 is 23.2 Å². The molecule has 1 aromatic carbocycles. The number of carbonyl (C=O) groups is 1. The number of fused-ring (bicyclic) bond motifs is 1. The summed E-state index contributed by atoms with van der Waals surface area (Å²) < 4.78 is 40.8. The van der Waals surface area contributed by atoms with E-state index in [2.05, 4.69) is 15.0 Å². The molecule has 0 bridgehead atoms. The van der Waals surface area contributed by atoms with E-state index in [1.54, 1.807) is 0 Å². The molecule has 3 heterocycles. The fraction of sp³-hybridized carbons (Fsp3) is 0.350. The minimum atomic E-state index is -4.66. The van der Waals surface area contributed by atoms with E-state index in [1.807, 2.05) is 24.3 Å². The highest BCUT2D eigenvalue weighted by Crippen LogP contribution is 2.32. The molecule has 6 nitrogen and oxygen atoms in total. The quantitative estimate of drug-likeness (QED) is 0.570. The van der Waals surface area contributed by atoms with Crippen molar-refractivity contribution in [3.63, 3.8) is 0 Å². The summed E-state index contributed by atoms with van der Waals surface area (Å²) in [7, 11) is 0. The number of halogens is 5. The summed E-state index contributed by atoms with van der Waals surface area (Å²) in [5.74, 6) is -0.515. The van der Waals surface area contributed by atoms with Crippen molar-refractivity contribution >= 4 is 34.8 Å². The molecular formula is C20H18Cl2F3N5O. The van der Waals surface area contributed by atoms with Gasteiger partial charge >= 0.3 is 6.18 Å². The molecule has 1 amide bonds. The smallest absolute Gasteiger partial charge is 0.335 e. The van der Waals surface area contributed by atoms with Gasteiger partial charge in [-0.1, -0.05) is 41.4 Å². The third kappa shape index (κ3) is 4.35. The molecule has 0 atom stereocenters. The molecule has 1 fully saturated rings. The maximum absolute atomic E-state index is 13.4. The van der Waals surface area contributed by atoms with Crippen molar-refractivity contribution in [3.8, 4) is 0 Å². The molecule has 1 saturated heterocycles. The van der Waals surface area contributed by atoms with Crippen LogP contribution in [-0.2, 0) is 12.7 Å². The predicted octanol–water partition coefficient (Wildman–Crippen LogP) is 4.32. The number of piperazine rings is 1. The van der Waals surface area contributed by atoms with Gasteiger partial charge in [0.2, 0.25) is 0 Å². The van der Waals surface area contributed by atoms with Crippen molar-refractivity contribution in [2.75, 3.05) is 26.2 Å². The van der Waals surface area contributed by atoms with E-state index in [1.165, 1.54) is 11.8 Å². The molecule has 0 spiro atoms. The van der Waals surface area contributed by atoms with Gasteiger partial charge in [-0.2, -0.15) is 18.3 Å². The first-order chi connectivity index (χ1) is 14.6. The molecule has 4 rings (SSSR count). The Morgan fingerprint density at radius 3 is 2.45 bits per heavy atom. The van der Waals surface area contributed by atoms with E-state index >= 15 is 0 Å². The fourth-order valence-electron chi connectivity index (χ4n) is 3.58. The predicted molar refractivity (Wildman–Crippen MR) is 110 cm³/mol. The van der Waals surface area contributed by atoms with Crippen molar-refractivity contribution in [1.82, 2.24) is 24.4 Å². The number of hydrogen-bond donors (Lipinski definition) is 0. The lowest BCUT2D eigenvalue weighted by Crippen LogP contribution is -2.48. The van der Waals surface area contributed by atoms with Crippen LogP contribution < -0.4 is 0 Å². The third-order valence-corrected chi connectivity index (χ3v) is 5.88. The Morgan fingerprint density at radius 1 is 1.13 bits per heavy atom. The molecule has 0 radical (unpaired) electrons. The van der Waals surface area contributed by atoms with Crippen LogP contribution in [0.5, 0.6) is 0 Å². The Hall–Kier alpha value is -2.36. The van der Waals surface area contributed by atoms with E-state index in [4.69, 9.17) is 23.2 Å². The number of rotatable bonds is 3. The van der Waals surface area contributed by atoms with E-state index < -0.39 is 17.8 Å². The molecule has 0 aliphatic carbocycles. The van der Waals surface area contributed by atoms with Crippen LogP contribution in [-0.4, -0.2) is 56.5 Å². The molecule has 2 aromatic heterocycles. The Balaban J connectivity index is 1.53. The van der Waals surface area contributed by atoms with Crippen LogP contribution in [0.1, 0.15) is 27.4 Å². The highest BCUT2D eigenvalue weighted by Gasteiger charge is 2.37. The first-order valence-corrected chi connectivity index (χ1v) is 10.3. The zero-order valence-electron chi connectivity index (χ0n) is 16.5. The second-order valence-corrected chi connectivity index (χ2v) is 8.12. The lowest BCUT2D eigenvalue weighted by atomic mass is 10.2. The van der Waals surface area contributed by atoms with Crippen LogP contribution in [0.25, 0.3) is 5.65 Å². The molecule has 164 valence electrons. The van der Waals surface area contributed by atoms with Crippen LogP contribution in [0, 0.1) is 6.92 Å². The van der Waals surface area contributed by atoms with Gasteiger partial charge in [0.1, 0.15) is 10.7 Å². The summed E-state index contributed by atoms with van der Waals surface area (Å²) in [5.41, 5.74) is -0.317. The molecule has 1 aliphatic rings. The normalized spacial score (nSPS) is 15.6. The summed E-state index contributed by atoms with van der Waals surface area (Å²) in [6.07, 6.45) is -4.66. The van der Waals surface area contributed by atoms with Crippen molar-refractivity contribution in [2.24, 2.45) is 0 Å². The zero-order chi connectivity index (χ0) is 22.3. The molecule has 0 saturated carbocycles. The lowest BCUT2D eigenvalue weighted by molar-refractivity contribution is -0.142. The van der Waals surface area contributed by atoms with Gasteiger partial charge in [0.15, 0.2) is 11.3 Å². The highest BCUT2D eigenvalue weighted by molar-refractivity contribution is 6.36. The number of hydrogen-bond acceptors (Lipinski definition) is 4. The number of alkyl halides is 3. The minimum absolute atomic E-state index is 0.133. The zero-order valence-corrected chi connectivity index (χ0v) is 18.0. The average molecular weight is 472 g/mol. The number of carbonyl (C=O) groups excluding carboxylic acids is 1. The Morgan fingerprint density at radius 2 is 1.81 bits per heavy atom. The largest absolute Gasteiger partial charge is 0.433 e. The second-order valence-electron chi connectivity index (χ2n) is 7.34. The Kier molecular flexibility index (Phi) is 5.85. The van der Waals surface area contributed by atoms with Gasteiger partial charge in [-0.15, -0.1) is 0 Å². The first-order valence-electron chi connectivity index (χ1n) is 9.53. The van der Waals surface area contributed by atoms with Gasteiger partial charge in [-0.25, -0.2) is 9.50 Å². The summed E-state index contributed by atoms with van der Waals surface area (Å²) in [5, 5.41) is 4.37. The summed E-state index contributed by atoms with van der Waals surface area (Å²) in [4.78, 5) is 20.7. The number of nitrogens with zero attached hydrogens (tertiary/aromatic N) is 5. The van der Waals surface area contributed by atoms with E-state index in [0.29, 0.717) is 42.3 Å². The van der Waals surface area contributed by atoms with Crippen LogP contribution in [0.15, 0.2) is 30.3 Å².